The molecule has 9 rings (SSSR count). The van der Waals surface area contributed by atoms with E-state index in [2.05, 4.69) is 194 Å². The summed E-state index contributed by atoms with van der Waals surface area (Å²) in [5.74, 6) is 0. The fourth-order valence-electron chi connectivity index (χ4n) is 7.15. The number of nitrogens with zero attached hydrogens (tertiary/aromatic N) is 2. The van der Waals surface area contributed by atoms with Crippen molar-refractivity contribution in [3.63, 3.8) is 0 Å². The third kappa shape index (κ3) is 5.24. The molecule has 0 saturated heterocycles. The van der Waals surface area contributed by atoms with Crippen LogP contribution in [0.5, 0.6) is 0 Å². The van der Waals surface area contributed by atoms with Gasteiger partial charge in [-0.3, -0.25) is 0 Å². The van der Waals surface area contributed by atoms with Gasteiger partial charge in [0, 0.05) is 44.2 Å². The Hall–Kier alpha value is -6.64. The SMILES string of the molecule is c1ccc(-c2nc(-c3ccccc3)c3cc4c(-c5ccccc5)nc(-c5ccccc5)c(-c5ccccc5)c4cc3c2-c2ccccc2)cc1. The van der Waals surface area contributed by atoms with E-state index in [1.807, 2.05) is 0 Å². The van der Waals surface area contributed by atoms with Crippen LogP contribution in [0.4, 0.5) is 0 Å². The second kappa shape index (κ2) is 12.8. The van der Waals surface area contributed by atoms with Crippen LogP contribution in [0.1, 0.15) is 0 Å². The summed E-state index contributed by atoms with van der Waals surface area (Å²) in [5, 5.41) is 4.48. The Bertz CT molecular complexity index is 2400. The van der Waals surface area contributed by atoms with E-state index in [4.69, 9.17) is 9.97 Å². The van der Waals surface area contributed by atoms with Gasteiger partial charge in [-0.05, 0) is 34.0 Å². The Kier molecular flexibility index (Phi) is 7.53. The Morgan fingerprint density at radius 3 is 0.760 bits per heavy atom. The second-order valence-corrected chi connectivity index (χ2v) is 12.5. The van der Waals surface area contributed by atoms with Gasteiger partial charge in [-0.15, -0.1) is 0 Å². The molecule has 0 saturated carbocycles. The fourth-order valence-corrected chi connectivity index (χ4v) is 7.15. The first-order valence-corrected chi connectivity index (χ1v) is 17.0. The molecule has 0 spiro atoms. The van der Waals surface area contributed by atoms with Gasteiger partial charge in [0.05, 0.1) is 22.8 Å². The third-order valence-electron chi connectivity index (χ3n) is 9.44. The van der Waals surface area contributed by atoms with Crippen LogP contribution in [0.15, 0.2) is 194 Å². The smallest absolute Gasteiger partial charge is 0.0794 e. The van der Waals surface area contributed by atoms with Crippen LogP contribution in [0.2, 0.25) is 0 Å². The second-order valence-electron chi connectivity index (χ2n) is 12.5. The van der Waals surface area contributed by atoms with Gasteiger partial charge in [-0.1, -0.05) is 182 Å². The van der Waals surface area contributed by atoms with Gasteiger partial charge in [0.15, 0.2) is 0 Å². The zero-order valence-electron chi connectivity index (χ0n) is 27.4. The van der Waals surface area contributed by atoms with Crippen molar-refractivity contribution in [2.24, 2.45) is 0 Å². The lowest BCUT2D eigenvalue weighted by molar-refractivity contribution is 1.34. The Morgan fingerprint density at radius 2 is 0.460 bits per heavy atom. The molecule has 0 unspecified atom stereocenters. The zero-order valence-corrected chi connectivity index (χ0v) is 27.4. The van der Waals surface area contributed by atoms with Gasteiger partial charge in [0.1, 0.15) is 0 Å². The molecule has 0 bridgehead atoms. The van der Waals surface area contributed by atoms with E-state index in [1.54, 1.807) is 0 Å². The van der Waals surface area contributed by atoms with Crippen molar-refractivity contribution in [2.75, 3.05) is 0 Å². The predicted molar refractivity (Wildman–Crippen MR) is 210 cm³/mol. The quantitative estimate of drug-likeness (QED) is 0.170. The largest absolute Gasteiger partial charge is 0.246 e. The molecule has 0 aliphatic rings. The first-order chi connectivity index (χ1) is 24.8. The Labute approximate surface area is 292 Å². The highest BCUT2D eigenvalue weighted by Gasteiger charge is 2.23. The third-order valence-corrected chi connectivity index (χ3v) is 9.44. The lowest BCUT2D eigenvalue weighted by atomic mass is 9.86. The van der Waals surface area contributed by atoms with E-state index in [0.29, 0.717) is 0 Å². The van der Waals surface area contributed by atoms with Gasteiger partial charge < -0.3 is 0 Å². The van der Waals surface area contributed by atoms with Crippen molar-refractivity contribution in [1.82, 2.24) is 9.97 Å². The van der Waals surface area contributed by atoms with Gasteiger partial charge in [0.2, 0.25) is 0 Å². The summed E-state index contributed by atoms with van der Waals surface area (Å²) in [6, 6.07) is 68.4. The number of pyridine rings is 2. The summed E-state index contributed by atoms with van der Waals surface area (Å²) < 4.78 is 0. The van der Waals surface area contributed by atoms with E-state index in [9.17, 15) is 0 Å². The van der Waals surface area contributed by atoms with Crippen molar-refractivity contribution in [3.8, 4) is 67.3 Å². The maximum absolute atomic E-state index is 5.55. The molecular weight excluding hydrogens is 605 g/mol. The molecule has 0 aliphatic carbocycles. The van der Waals surface area contributed by atoms with E-state index in [1.165, 1.54) is 0 Å². The van der Waals surface area contributed by atoms with Crippen LogP contribution in [-0.2, 0) is 0 Å². The van der Waals surface area contributed by atoms with Crippen LogP contribution < -0.4 is 0 Å². The first kappa shape index (κ1) is 29.5. The first-order valence-electron chi connectivity index (χ1n) is 17.0. The van der Waals surface area contributed by atoms with Crippen molar-refractivity contribution >= 4 is 21.5 Å². The summed E-state index contributed by atoms with van der Waals surface area (Å²) in [5.41, 5.74) is 12.6. The standard InChI is InChI=1S/C48H32N2/c1-7-19-33(20-8-1)43-39-31-40-42(32-41(39)45(35-23-11-3-12-24-35)49-47(43)37-27-15-5-16-28-37)46(36-25-13-4-14-26-36)50-48(38-29-17-6-18-30-38)44(40)34-21-9-2-10-22-34/h1-32H. The van der Waals surface area contributed by atoms with Gasteiger partial charge in [-0.25, -0.2) is 9.97 Å². The minimum absolute atomic E-state index is 0.952. The maximum Gasteiger partial charge on any atom is 0.0794 e. The summed E-state index contributed by atoms with van der Waals surface area (Å²) in [6.07, 6.45) is 0. The molecule has 50 heavy (non-hydrogen) atoms. The van der Waals surface area contributed by atoms with Crippen LogP contribution >= 0.6 is 0 Å². The molecule has 7 aromatic carbocycles. The van der Waals surface area contributed by atoms with E-state index >= 15 is 0 Å². The van der Waals surface area contributed by atoms with Crippen molar-refractivity contribution in [2.45, 2.75) is 0 Å². The highest BCUT2D eigenvalue weighted by atomic mass is 14.7. The average Bonchev–Trinajstić information content (AvgIpc) is 3.21. The van der Waals surface area contributed by atoms with E-state index in [0.717, 1.165) is 88.8 Å². The molecular formula is C48H32N2. The molecule has 0 atom stereocenters. The predicted octanol–water partition coefficient (Wildman–Crippen LogP) is 12.8. The zero-order chi connectivity index (χ0) is 33.3. The summed E-state index contributed by atoms with van der Waals surface area (Å²) in [4.78, 5) is 11.1. The number of hydrogen-bond acceptors (Lipinski definition) is 2. The molecule has 0 fully saturated rings. The Balaban J connectivity index is 1.53. The van der Waals surface area contributed by atoms with Crippen LogP contribution in [0.3, 0.4) is 0 Å². The van der Waals surface area contributed by atoms with Crippen molar-refractivity contribution in [1.29, 1.82) is 0 Å². The van der Waals surface area contributed by atoms with Crippen molar-refractivity contribution < 1.29 is 0 Å². The summed E-state index contributed by atoms with van der Waals surface area (Å²) in [7, 11) is 0. The molecule has 2 aromatic heterocycles. The molecule has 234 valence electrons. The van der Waals surface area contributed by atoms with Crippen LogP contribution in [0.25, 0.3) is 88.8 Å². The van der Waals surface area contributed by atoms with Crippen LogP contribution in [0, 0.1) is 0 Å². The molecule has 9 aromatic rings. The highest BCUT2D eigenvalue weighted by Crippen LogP contribution is 2.47. The number of benzene rings is 7. The van der Waals surface area contributed by atoms with Gasteiger partial charge in [0.25, 0.3) is 0 Å². The minimum atomic E-state index is 0.952. The number of fused-ring (bicyclic) bond motifs is 2. The molecule has 0 aliphatic heterocycles. The number of hydrogen-bond donors (Lipinski definition) is 0. The highest BCUT2D eigenvalue weighted by molar-refractivity contribution is 6.18. The number of rotatable bonds is 6. The maximum atomic E-state index is 5.55. The summed E-state index contributed by atoms with van der Waals surface area (Å²) >= 11 is 0. The molecule has 2 nitrogen and oxygen atoms in total. The molecule has 2 heterocycles. The fraction of sp³-hybridized carbons (Fsp3) is 0. The summed E-state index contributed by atoms with van der Waals surface area (Å²) in [6.45, 7) is 0. The number of aromatic nitrogens is 2. The van der Waals surface area contributed by atoms with Crippen LogP contribution in [-0.4, -0.2) is 9.97 Å². The molecule has 2 heteroatoms. The molecule has 0 radical (unpaired) electrons. The lowest BCUT2D eigenvalue weighted by Crippen LogP contribution is -1.99. The normalized spacial score (nSPS) is 11.2. The van der Waals surface area contributed by atoms with Gasteiger partial charge in [-0.2, -0.15) is 0 Å². The Morgan fingerprint density at radius 1 is 0.220 bits per heavy atom. The average molecular weight is 637 g/mol. The molecule has 0 amide bonds. The van der Waals surface area contributed by atoms with E-state index in [-0.39, 0.29) is 0 Å². The van der Waals surface area contributed by atoms with E-state index < -0.39 is 0 Å². The monoisotopic (exact) mass is 636 g/mol. The van der Waals surface area contributed by atoms with Crippen molar-refractivity contribution in [3.05, 3.63) is 194 Å². The lowest BCUT2D eigenvalue weighted by Gasteiger charge is -2.21. The topological polar surface area (TPSA) is 25.8 Å². The van der Waals surface area contributed by atoms with Gasteiger partial charge >= 0.3 is 0 Å². The minimum Gasteiger partial charge on any atom is -0.246 e. The molecule has 0 N–H and O–H groups in total.